The molecule has 0 amide bonds. The summed E-state index contributed by atoms with van der Waals surface area (Å²) in [6, 6.07) is 4.86. The molecule has 0 spiro atoms. The zero-order valence-electron chi connectivity index (χ0n) is 9.07. The average molecular weight is 212 g/mol. The van der Waals surface area contributed by atoms with Crippen LogP contribution in [0.5, 0.6) is 0 Å². The predicted octanol–water partition coefficient (Wildman–Crippen LogP) is 0.890. The molecule has 1 atom stereocenters. The molecule has 0 aliphatic carbocycles. The molecule has 0 aromatic heterocycles. The molecule has 3 N–H and O–H groups in total. The molecule has 0 saturated carbocycles. The van der Waals surface area contributed by atoms with Gasteiger partial charge >= 0.3 is 0 Å². The molecular formula is C11H17FN2O. The molecule has 84 valence electrons. The van der Waals surface area contributed by atoms with Crippen LogP contribution < -0.4 is 10.6 Å². The van der Waals surface area contributed by atoms with Gasteiger partial charge in [0.25, 0.3) is 0 Å². The van der Waals surface area contributed by atoms with Crippen LogP contribution in [0.25, 0.3) is 0 Å². The molecule has 1 aromatic carbocycles. The molecule has 3 nitrogen and oxygen atoms in total. The molecule has 0 heterocycles. The summed E-state index contributed by atoms with van der Waals surface area (Å²) >= 11 is 0. The monoisotopic (exact) mass is 212 g/mol. The lowest BCUT2D eigenvalue weighted by Crippen LogP contribution is -2.34. The third-order valence-corrected chi connectivity index (χ3v) is 2.34. The van der Waals surface area contributed by atoms with E-state index >= 15 is 0 Å². The van der Waals surface area contributed by atoms with Gasteiger partial charge in [0.05, 0.1) is 6.10 Å². The molecule has 0 bridgehead atoms. The smallest absolute Gasteiger partial charge is 0.126 e. The van der Waals surface area contributed by atoms with Gasteiger partial charge < -0.3 is 15.7 Å². The van der Waals surface area contributed by atoms with Gasteiger partial charge in [-0.05, 0) is 30.7 Å². The molecule has 1 unspecified atom stereocenters. The van der Waals surface area contributed by atoms with Crippen LogP contribution in [0.1, 0.15) is 5.56 Å². The molecule has 4 heteroatoms. The van der Waals surface area contributed by atoms with Crippen LogP contribution >= 0.6 is 0 Å². The molecule has 0 aliphatic rings. The Hall–Kier alpha value is -1.13. The Morgan fingerprint density at radius 2 is 2.20 bits per heavy atom. The second-order valence-corrected chi connectivity index (χ2v) is 3.70. The topological polar surface area (TPSA) is 49.5 Å². The Bertz CT molecular complexity index is 330. The number of hydrogen-bond donors (Lipinski definition) is 2. The second-order valence-electron chi connectivity index (χ2n) is 3.70. The Morgan fingerprint density at radius 1 is 1.53 bits per heavy atom. The van der Waals surface area contributed by atoms with Gasteiger partial charge in [-0.15, -0.1) is 0 Å². The van der Waals surface area contributed by atoms with Crippen molar-refractivity contribution in [1.82, 2.24) is 0 Å². The first-order valence-corrected chi connectivity index (χ1v) is 4.90. The van der Waals surface area contributed by atoms with Crippen LogP contribution in [-0.2, 0) is 0 Å². The highest BCUT2D eigenvalue weighted by Crippen LogP contribution is 2.17. The maximum absolute atomic E-state index is 13.0. The van der Waals surface area contributed by atoms with Crippen molar-refractivity contribution in [2.75, 3.05) is 25.0 Å². The summed E-state index contributed by atoms with van der Waals surface area (Å²) in [6.07, 6.45) is -0.555. The summed E-state index contributed by atoms with van der Waals surface area (Å²) in [5.41, 5.74) is 6.79. The van der Waals surface area contributed by atoms with E-state index in [0.29, 0.717) is 12.1 Å². The van der Waals surface area contributed by atoms with E-state index in [9.17, 15) is 9.50 Å². The van der Waals surface area contributed by atoms with Crippen molar-refractivity contribution in [2.24, 2.45) is 5.73 Å². The molecule has 0 saturated heterocycles. The summed E-state index contributed by atoms with van der Waals surface area (Å²) in [5, 5.41) is 9.37. The van der Waals surface area contributed by atoms with E-state index in [1.165, 1.54) is 6.07 Å². The number of anilines is 1. The maximum atomic E-state index is 13.0. The first kappa shape index (κ1) is 11.9. The van der Waals surface area contributed by atoms with Gasteiger partial charge in [-0.3, -0.25) is 0 Å². The van der Waals surface area contributed by atoms with Gasteiger partial charge in [-0.1, -0.05) is 0 Å². The number of halogens is 1. The molecular weight excluding hydrogens is 195 g/mol. The summed E-state index contributed by atoms with van der Waals surface area (Å²) in [5.74, 6) is -0.216. The molecule has 15 heavy (non-hydrogen) atoms. The molecule has 0 aliphatic heterocycles. The van der Waals surface area contributed by atoms with Gasteiger partial charge in [0.2, 0.25) is 0 Å². The first-order valence-electron chi connectivity index (χ1n) is 4.90. The minimum Gasteiger partial charge on any atom is -0.390 e. The largest absolute Gasteiger partial charge is 0.390 e. The van der Waals surface area contributed by atoms with Crippen LogP contribution in [0, 0.1) is 12.7 Å². The van der Waals surface area contributed by atoms with Crippen molar-refractivity contribution in [2.45, 2.75) is 13.0 Å². The van der Waals surface area contributed by atoms with Gasteiger partial charge in [0.15, 0.2) is 0 Å². The summed E-state index contributed by atoms with van der Waals surface area (Å²) in [4.78, 5) is 1.85. The third-order valence-electron chi connectivity index (χ3n) is 2.34. The Balaban J connectivity index is 2.73. The second kappa shape index (κ2) is 5.09. The van der Waals surface area contributed by atoms with Crippen molar-refractivity contribution in [1.29, 1.82) is 0 Å². The van der Waals surface area contributed by atoms with E-state index < -0.39 is 6.10 Å². The fourth-order valence-corrected chi connectivity index (χ4v) is 1.36. The van der Waals surface area contributed by atoms with Gasteiger partial charge in [-0.25, -0.2) is 4.39 Å². The van der Waals surface area contributed by atoms with Crippen molar-refractivity contribution in [3.63, 3.8) is 0 Å². The van der Waals surface area contributed by atoms with Gasteiger partial charge in [-0.2, -0.15) is 0 Å². The minimum atomic E-state index is -0.555. The number of nitrogens with two attached hydrogens (primary N) is 1. The SMILES string of the molecule is Cc1cc(N(C)CC(O)CN)ccc1F. The Morgan fingerprint density at radius 3 is 2.73 bits per heavy atom. The van der Waals surface area contributed by atoms with E-state index in [-0.39, 0.29) is 12.4 Å². The molecule has 0 radical (unpaired) electrons. The number of aliphatic hydroxyl groups excluding tert-OH is 1. The number of likely N-dealkylation sites (N-methyl/N-ethyl adjacent to an activating group) is 1. The number of aryl methyl sites for hydroxylation is 1. The maximum Gasteiger partial charge on any atom is 0.126 e. The fraction of sp³-hybridized carbons (Fsp3) is 0.455. The van der Waals surface area contributed by atoms with E-state index in [0.717, 1.165) is 5.69 Å². The quantitative estimate of drug-likeness (QED) is 0.779. The van der Waals surface area contributed by atoms with Crippen molar-refractivity contribution < 1.29 is 9.50 Å². The van der Waals surface area contributed by atoms with E-state index in [1.54, 1.807) is 19.1 Å². The Kier molecular flexibility index (Phi) is 4.05. The Labute approximate surface area is 89.3 Å². The fourth-order valence-electron chi connectivity index (χ4n) is 1.36. The van der Waals surface area contributed by atoms with Crippen molar-refractivity contribution in [3.8, 4) is 0 Å². The normalized spacial score (nSPS) is 12.6. The highest BCUT2D eigenvalue weighted by molar-refractivity contribution is 5.48. The van der Waals surface area contributed by atoms with E-state index in [2.05, 4.69) is 0 Å². The highest BCUT2D eigenvalue weighted by Gasteiger charge is 2.08. The van der Waals surface area contributed by atoms with E-state index in [4.69, 9.17) is 5.73 Å². The first-order chi connectivity index (χ1) is 7.04. The summed E-state index contributed by atoms with van der Waals surface area (Å²) in [6.45, 7) is 2.39. The third kappa shape index (κ3) is 3.18. The van der Waals surface area contributed by atoms with Crippen LogP contribution in [-0.4, -0.2) is 31.3 Å². The number of rotatable bonds is 4. The predicted molar refractivity (Wildman–Crippen MR) is 59.5 cm³/mol. The van der Waals surface area contributed by atoms with Gasteiger partial charge in [0, 0.05) is 25.8 Å². The summed E-state index contributed by atoms with van der Waals surface area (Å²) < 4.78 is 13.0. The molecule has 1 aromatic rings. The summed E-state index contributed by atoms with van der Waals surface area (Å²) in [7, 11) is 1.84. The van der Waals surface area contributed by atoms with Crippen molar-refractivity contribution >= 4 is 5.69 Å². The van der Waals surface area contributed by atoms with Crippen molar-refractivity contribution in [3.05, 3.63) is 29.6 Å². The highest BCUT2D eigenvalue weighted by atomic mass is 19.1. The number of nitrogens with zero attached hydrogens (tertiary/aromatic N) is 1. The molecule has 1 rings (SSSR count). The lowest BCUT2D eigenvalue weighted by atomic mass is 10.2. The van der Waals surface area contributed by atoms with Gasteiger partial charge in [0.1, 0.15) is 5.82 Å². The lowest BCUT2D eigenvalue weighted by molar-refractivity contribution is 0.189. The number of hydrogen-bond acceptors (Lipinski definition) is 3. The standard InChI is InChI=1S/C11H17FN2O/c1-8-5-9(3-4-11(8)12)14(2)7-10(15)6-13/h3-5,10,15H,6-7,13H2,1-2H3. The number of benzene rings is 1. The minimum absolute atomic E-state index is 0.216. The van der Waals surface area contributed by atoms with Crippen LogP contribution in [0.4, 0.5) is 10.1 Å². The zero-order valence-corrected chi connectivity index (χ0v) is 9.07. The zero-order chi connectivity index (χ0) is 11.4. The van der Waals surface area contributed by atoms with Crippen LogP contribution in [0.3, 0.4) is 0 Å². The average Bonchev–Trinajstić information content (AvgIpc) is 2.21. The van der Waals surface area contributed by atoms with E-state index in [1.807, 2.05) is 11.9 Å². The number of aliphatic hydroxyl groups is 1. The molecule has 0 fully saturated rings. The van der Waals surface area contributed by atoms with Crippen LogP contribution in [0.2, 0.25) is 0 Å². The lowest BCUT2D eigenvalue weighted by Gasteiger charge is -2.22. The van der Waals surface area contributed by atoms with Crippen LogP contribution in [0.15, 0.2) is 18.2 Å².